The number of hydrogen-bond donors (Lipinski definition) is 0. The van der Waals surface area contributed by atoms with Crippen LogP contribution in [0.1, 0.15) is 105 Å². The molecule has 0 aliphatic carbocycles. The third kappa shape index (κ3) is 10.1. The molecule has 0 heterocycles. The summed E-state index contributed by atoms with van der Waals surface area (Å²) in [5.41, 5.74) is 4.22. The average molecular weight is 587 g/mol. The first-order chi connectivity index (χ1) is 19.3. The van der Waals surface area contributed by atoms with Gasteiger partial charge in [-0.1, -0.05) is 83.1 Å². The molecule has 2 aromatic rings. The van der Waals surface area contributed by atoms with Crippen molar-refractivity contribution in [3.05, 3.63) is 46.5 Å². The predicted molar refractivity (Wildman–Crippen MR) is 173 cm³/mol. The minimum atomic E-state index is -0.0798. The van der Waals surface area contributed by atoms with Gasteiger partial charge in [-0.15, -0.1) is 0 Å². The Labute approximate surface area is 256 Å². The molecule has 0 saturated heterocycles. The van der Waals surface area contributed by atoms with Crippen LogP contribution in [0.25, 0.3) is 0 Å². The lowest BCUT2D eigenvalue weighted by Gasteiger charge is -2.28. The van der Waals surface area contributed by atoms with Gasteiger partial charge < -0.3 is 28.4 Å². The Morgan fingerprint density at radius 1 is 0.381 bits per heavy atom. The number of ether oxygens (including phenoxy) is 6. The molecule has 6 heteroatoms. The highest BCUT2D eigenvalue weighted by Gasteiger charge is 2.28. The van der Waals surface area contributed by atoms with Crippen molar-refractivity contribution in [1.82, 2.24) is 0 Å². The van der Waals surface area contributed by atoms with Gasteiger partial charge in [-0.3, -0.25) is 0 Å². The minimum Gasteiger partial charge on any atom is -0.496 e. The van der Waals surface area contributed by atoms with E-state index in [-0.39, 0.29) is 21.7 Å². The van der Waals surface area contributed by atoms with E-state index in [4.69, 9.17) is 28.4 Å². The Morgan fingerprint density at radius 2 is 0.619 bits per heavy atom. The Bertz CT molecular complexity index is 1050. The lowest BCUT2D eigenvalue weighted by atomic mass is 9.81. The molecule has 0 radical (unpaired) electrons. The number of methoxy groups -OCH3 is 2. The molecule has 6 nitrogen and oxygen atoms in total. The van der Waals surface area contributed by atoms with Crippen LogP contribution in [0.2, 0.25) is 0 Å². The van der Waals surface area contributed by atoms with Crippen LogP contribution >= 0.6 is 0 Å². The van der Waals surface area contributed by atoms with Gasteiger partial charge in [0.25, 0.3) is 0 Å². The zero-order valence-electron chi connectivity index (χ0n) is 29.0. The Hall–Kier alpha value is -2.44. The lowest BCUT2D eigenvalue weighted by Crippen LogP contribution is -2.20. The molecule has 0 amide bonds. The molecule has 238 valence electrons. The smallest absolute Gasteiger partial charge is 0.123 e. The maximum absolute atomic E-state index is 6.23. The van der Waals surface area contributed by atoms with Crippen LogP contribution in [0.4, 0.5) is 0 Å². The second-order valence-electron chi connectivity index (χ2n) is 15.0. The van der Waals surface area contributed by atoms with Crippen LogP contribution in [0.3, 0.4) is 0 Å². The third-order valence-corrected chi connectivity index (χ3v) is 7.18. The molecule has 0 aliphatic rings. The van der Waals surface area contributed by atoms with Crippen LogP contribution in [0, 0.1) is 0 Å². The van der Waals surface area contributed by atoms with Crippen molar-refractivity contribution in [2.45, 2.75) is 105 Å². The van der Waals surface area contributed by atoms with E-state index in [9.17, 15) is 0 Å². The molecule has 0 bridgehead atoms. The molecule has 42 heavy (non-hydrogen) atoms. The summed E-state index contributed by atoms with van der Waals surface area (Å²) in [5.74, 6) is 3.56. The molecule has 0 unspecified atom stereocenters. The van der Waals surface area contributed by atoms with Gasteiger partial charge in [0.05, 0.1) is 40.6 Å². The topological polar surface area (TPSA) is 55.4 Å². The van der Waals surface area contributed by atoms with Crippen LogP contribution in [0.5, 0.6) is 23.0 Å². The summed E-state index contributed by atoms with van der Waals surface area (Å²) in [4.78, 5) is 0. The predicted octanol–water partition coefficient (Wildman–Crippen LogP) is 8.38. The normalized spacial score (nSPS) is 12.8. The molecule has 0 N–H and O–H groups in total. The monoisotopic (exact) mass is 586 g/mol. The Kier molecular flexibility index (Phi) is 12.2. The highest BCUT2D eigenvalue weighted by molar-refractivity contribution is 5.52. The first-order valence-electron chi connectivity index (χ1n) is 15.2. The van der Waals surface area contributed by atoms with Gasteiger partial charge in [0.2, 0.25) is 0 Å². The van der Waals surface area contributed by atoms with Crippen molar-refractivity contribution in [2.75, 3.05) is 53.9 Å². The van der Waals surface area contributed by atoms with E-state index >= 15 is 0 Å². The van der Waals surface area contributed by atoms with Gasteiger partial charge in [-0.05, 0) is 45.9 Å². The van der Waals surface area contributed by atoms with E-state index < -0.39 is 0 Å². The number of benzene rings is 2. The summed E-state index contributed by atoms with van der Waals surface area (Å²) in [5, 5.41) is 0. The Morgan fingerprint density at radius 3 is 0.881 bits per heavy atom. The highest BCUT2D eigenvalue weighted by Crippen LogP contribution is 2.42. The van der Waals surface area contributed by atoms with E-state index in [1.807, 2.05) is 0 Å². The fourth-order valence-electron chi connectivity index (χ4n) is 4.78. The fourth-order valence-corrected chi connectivity index (χ4v) is 4.78. The van der Waals surface area contributed by atoms with Gasteiger partial charge in [0.15, 0.2) is 0 Å². The van der Waals surface area contributed by atoms with Crippen molar-refractivity contribution in [3.8, 4) is 23.0 Å². The van der Waals surface area contributed by atoms with Crippen LogP contribution in [-0.4, -0.2) is 53.9 Å². The number of rotatable bonds is 13. The third-order valence-electron chi connectivity index (χ3n) is 7.18. The van der Waals surface area contributed by atoms with Gasteiger partial charge >= 0.3 is 0 Å². The molecule has 0 fully saturated rings. The van der Waals surface area contributed by atoms with E-state index in [0.29, 0.717) is 39.6 Å². The molecule has 2 rings (SSSR count). The molecule has 0 aromatic heterocycles. The van der Waals surface area contributed by atoms with E-state index in [1.165, 1.54) is 0 Å². The zero-order valence-corrected chi connectivity index (χ0v) is 29.0. The lowest BCUT2D eigenvalue weighted by molar-refractivity contribution is 0.0270. The number of hydrogen-bond acceptors (Lipinski definition) is 6. The highest BCUT2D eigenvalue weighted by atomic mass is 16.6. The Balaban J connectivity index is 1.86. The van der Waals surface area contributed by atoms with Crippen molar-refractivity contribution in [3.63, 3.8) is 0 Å². The zero-order chi connectivity index (χ0) is 31.9. The van der Waals surface area contributed by atoms with Gasteiger partial charge in [0.1, 0.15) is 36.2 Å². The van der Waals surface area contributed by atoms with E-state index in [0.717, 1.165) is 45.3 Å². The largest absolute Gasteiger partial charge is 0.496 e. The van der Waals surface area contributed by atoms with E-state index in [2.05, 4.69) is 107 Å². The van der Waals surface area contributed by atoms with E-state index in [1.54, 1.807) is 14.2 Å². The molecule has 2 aromatic carbocycles. The van der Waals surface area contributed by atoms with Crippen LogP contribution in [-0.2, 0) is 31.1 Å². The quantitative estimate of drug-likeness (QED) is 0.220. The molecular weight excluding hydrogens is 528 g/mol. The van der Waals surface area contributed by atoms with Gasteiger partial charge in [-0.2, -0.15) is 0 Å². The summed E-state index contributed by atoms with van der Waals surface area (Å²) in [7, 11) is 3.45. The van der Waals surface area contributed by atoms with Gasteiger partial charge in [0, 0.05) is 22.3 Å². The maximum atomic E-state index is 6.23. The summed E-state index contributed by atoms with van der Waals surface area (Å²) in [6.45, 7) is 29.1. The van der Waals surface area contributed by atoms with Crippen LogP contribution in [0.15, 0.2) is 24.3 Å². The molecule has 0 saturated carbocycles. The van der Waals surface area contributed by atoms with Crippen molar-refractivity contribution >= 4 is 0 Å². The first-order valence-corrected chi connectivity index (χ1v) is 15.2. The fraction of sp³-hybridized carbons (Fsp3) is 0.667. The van der Waals surface area contributed by atoms with Crippen molar-refractivity contribution in [1.29, 1.82) is 0 Å². The summed E-state index contributed by atoms with van der Waals surface area (Å²) < 4.78 is 35.5. The first kappa shape index (κ1) is 35.8. The standard InChI is InChI=1S/C36H58O6/c1-33(2,3)25-23-31(27(35(7,8)9)21-29(25)37-13)41-19-17-39-15-16-40-18-20-42-32-24-26(34(4,5)6)30(38-14)22-28(32)36(10,11)12/h21-24H,15-20H2,1-14H3. The van der Waals surface area contributed by atoms with Crippen molar-refractivity contribution in [2.24, 2.45) is 0 Å². The average Bonchev–Trinajstić information content (AvgIpc) is 2.86. The molecule has 0 atom stereocenters. The minimum absolute atomic E-state index is 0.0615. The SMILES string of the molecule is COc1cc(C(C)(C)C)c(OCCOCCOCCOc2cc(C(C)(C)C)c(OC)cc2C(C)(C)C)cc1C(C)(C)C. The van der Waals surface area contributed by atoms with Crippen molar-refractivity contribution < 1.29 is 28.4 Å². The second kappa shape index (κ2) is 14.4. The summed E-state index contributed by atoms with van der Waals surface area (Å²) in [6, 6.07) is 8.49. The van der Waals surface area contributed by atoms with Crippen LogP contribution < -0.4 is 18.9 Å². The molecular formula is C36H58O6. The summed E-state index contributed by atoms with van der Waals surface area (Å²) in [6.07, 6.45) is 0. The second-order valence-corrected chi connectivity index (χ2v) is 15.0. The van der Waals surface area contributed by atoms with Gasteiger partial charge in [-0.25, -0.2) is 0 Å². The summed E-state index contributed by atoms with van der Waals surface area (Å²) >= 11 is 0. The molecule has 0 spiro atoms. The maximum Gasteiger partial charge on any atom is 0.123 e. The molecule has 0 aliphatic heterocycles.